The standard InChI is InChI=1S/C15H20N2O5/c1-8-13(19)9(6-11(21-3)14(8)22-4)5-10-15(20)17(2)7-12(18)16-10/h6,10,19H,5,7H2,1-4H3,(H,16,18). The van der Waals surface area contributed by atoms with Crippen molar-refractivity contribution < 1.29 is 24.2 Å². The minimum Gasteiger partial charge on any atom is -0.507 e. The minimum atomic E-state index is -0.699. The highest BCUT2D eigenvalue weighted by atomic mass is 16.5. The first-order valence-electron chi connectivity index (χ1n) is 6.86. The predicted octanol–water partition coefficient (Wildman–Crippen LogP) is 0.217. The van der Waals surface area contributed by atoms with Crippen LogP contribution >= 0.6 is 0 Å². The van der Waals surface area contributed by atoms with Gasteiger partial charge in [0, 0.05) is 24.6 Å². The Balaban J connectivity index is 2.35. The molecule has 1 unspecified atom stereocenters. The quantitative estimate of drug-likeness (QED) is 0.830. The second kappa shape index (κ2) is 6.13. The van der Waals surface area contributed by atoms with E-state index in [0.717, 1.165) is 0 Å². The molecule has 0 bridgehead atoms. The van der Waals surface area contributed by atoms with Crippen LogP contribution in [0.2, 0.25) is 0 Å². The van der Waals surface area contributed by atoms with Gasteiger partial charge in [0.05, 0.1) is 20.8 Å². The van der Waals surface area contributed by atoms with Gasteiger partial charge in [-0.2, -0.15) is 0 Å². The highest BCUT2D eigenvalue weighted by Gasteiger charge is 2.31. The Hall–Kier alpha value is -2.44. The summed E-state index contributed by atoms with van der Waals surface area (Å²) in [5.74, 6) is 0.541. The lowest BCUT2D eigenvalue weighted by Gasteiger charge is -2.30. The van der Waals surface area contributed by atoms with Crippen molar-refractivity contribution in [1.29, 1.82) is 0 Å². The molecule has 0 aromatic heterocycles. The van der Waals surface area contributed by atoms with E-state index in [1.54, 1.807) is 20.0 Å². The Morgan fingerprint density at radius 3 is 2.64 bits per heavy atom. The van der Waals surface area contributed by atoms with Gasteiger partial charge in [0.15, 0.2) is 11.5 Å². The zero-order valence-electron chi connectivity index (χ0n) is 13.1. The number of benzene rings is 1. The molecule has 1 saturated heterocycles. The van der Waals surface area contributed by atoms with E-state index in [1.165, 1.54) is 19.1 Å². The first kappa shape index (κ1) is 15.9. The smallest absolute Gasteiger partial charge is 0.245 e. The Morgan fingerprint density at radius 1 is 1.36 bits per heavy atom. The average Bonchev–Trinajstić information content (AvgIpc) is 2.48. The largest absolute Gasteiger partial charge is 0.507 e. The van der Waals surface area contributed by atoms with E-state index in [-0.39, 0.29) is 30.5 Å². The first-order chi connectivity index (χ1) is 10.4. The number of phenols is 1. The molecule has 1 aliphatic heterocycles. The van der Waals surface area contributed by atoms with E-state index >= 15 is 0 Å². The molecule has 0 saturated carbocycles. The molecule has 1 aromatic rings. The van der Waals surface area contributed by atoms with Crippen LogP contribution in [0, 0.1) is 6.92 Å². The van der Waals surface area contributed by atoms with Crippen LogP contribution in [-0.4, -0.2) is 55.7 Å². The second-order valence-electron chi connectivity index (χ2n) is 5.26. The molecule has 7 nitrogen and oxygen atoms in total. The summed E-state index contributed by atoms with van der Waals surface area (Å²) >= 11 is 0. The highest BCUT2D eigenvalue weighted by Crippen LogP contribution is 2.39. The Morgan fingerprint density at radius 2 is 2.05 bits per heavy atom. The average molecular weight is 308 g/mol. The van der Waals surface area contributed by atoms with Crippen molar-refractivity contribution in [2.24, 2.45) is 0 Å². The Bertz CT molecular complexity index is 614. The lowest BCUT2D eigenvalue weighted by molar-refractivity contribution is -0.142. The lowest BCUT2D eigenvalue weighted by Crippen LogP contribution is -2.57. The number of piperazine rings is 1. The third-order valence-corrected chi connectivity index (χ3v) is 3.77. The summed E-state index contributed by atoms with van der Waals surface area (Å²) in [6, 6.07) is 0.921. The summed E-state index contributed by atoms with van der Waals surface area (Å²) in [5, 5.41) is 12.9. The van der Waals surface area contributed by atoms with Gasteiger partial charge in [-0.25, -0.2) is 0 Å². The summed E-state index contributed by atoms with van der Waals surface area (Å²) in [6.07, 6.45) is 0.182. The molecule has 22 heavy (non-hydrogen) atoms. The maximum atomic E-state index is 12.1. The van der Waals surface area contributed by atoms with Crippen LogP contribution in [0.5, 0.6) is 17.2 Å². The fourth-order valence-corrected chi connectivity index (χ4v) is 2.61. The van der Waals surface area contributed by atoms with Crippen LogP contribution in [0.3, 0.4) is 0 Å². The van der Waals surface area contributed by atoms with Crippen LogP contribution in [0.1, 0.15) is 11.1 Å². The number of methoxy groups -OCH3 is 2. The number of hydrogen-bond donors (Lipinski definition) is 2. The summed E-state index contributed by atoms with van der Waals surface area (Å²) in [6.45, 7) is 1.75. The van der Waals surface area contributed by atoms with Gasteiger partial charge in [0.1, 0.15) is 11.8 Å². The number of amides is 2. The number of carbonyl (C=O) groups excluding carboxylic acids is 2. The van der Waals surface area contributed by atoms with Crippen molar-refractivity contribution in [1.82, 2.24) is 10.2 Å². The minimum absolute atomic E-state index is 0.0351. The molecule has 2 rings (SSSR count). The third kappa shape index (κ3) is 2.79. The number of ether oxygens (including phenoxy) is 2. The fourth-order valence-electron chi connectivity index (χ4n) is 2.61. The number of rotatable bonds is 4. The van der Waals surface area contributed by atoms with E-state index in [9.17, 15) is 14.7 Å². The van der Waals surface area contributed by atoms with Crippen molar-refractivity contribution in [3.05, 3.63) is 17.2 Å². The SMILES string of the molecule is COc1cc(CC2NC(=O)CN(C)C2=O)c(O)c(C)c1OC. The monoisotopic (exact) mass is 308 g/mol. The highest BCUT2D eigenvalue weighted by molar-refractivity contribution is 5.94. The number of carbonyl (C=O) groups is 2. The molecule has 1 heterocycles. The molecule has 0 radical (unpaired) electrons. The molecule has 7 heteroatoms. The normalized spacial score (nSPS) is 18.2. The molecule has 1 aliphatic rings. The van der Waals surface area contributed by atoms with Gasteiger partial charge in [-0.05, 0) is 13.0 Å². The van der Waals surface area contributed by atoms with Crippen molar-refractivity contribution in [3.63, 3.8) is 0 Å². The Labute approximate surface area is 128 Å². The van der Waals surface area contributed by atoms with Gasteiger partial charge in [-0.3, -0.25) is 9.59 Å². The van der Waals surface area contributed by atoms with Crippen LogP contribution < -0.4 is 14.8 Å². The number of likely N-dealkylation sites (N-methyl/N-ethyl adjacent to an activating group) is 1. The summed E-state index contributed by atoms with van der Waals surface area (Å²) in [4.78, 5) is 25.1. The number of hydrogen-bond acceptors (Lipinski definition) is 5. The van der Waals surface area contributed by atoms with Gasteiger partial charge in [0.25, 0.3) is 0 Å². The van der Waals surface area contributed by atoms with Crippen LogP contribution in [0.15, 0.2) is 6.07 Å². The third-order valence-electron chi connectivity index (χ3n) is 3.77. The maximum absolute atomic E-state index is 12.1. The Kier molecular flexibility index (Phi) is 4.44. The number of nitrogens with zero attached hydrogens (tertiary/aromatic N) is 1. The van der Waals surface area contributed by atoms with E-state index in [0.29, 0.717) is 22.6 Å². The molecule has 120 valence electrons. The van der Waals surface area contributed by atoms with E-state index in [2.05, 4.69) is 5.32 Å². The summed E-state index contributed by atoms with van der Waals surface area (Å²) in [7, 11) is 4.57. The topological polar surface area (TPSA) is 88.1 Å². The molecule has 1 atom stereocenters. The zero-order valence-corrected chi connectivity index (χ0v) is 13.1. The van der Waals surface area contributed by atoms with Gasteiger partial charge in [-0.1, -0.05) is 0 Å². The van der Waals surface area contributed by atoms with Gasteiger partial charge in [-0.15, -0.1) is 0 Å². The molecule has 2 amide bonds. The summed E-state index contributed by atoms with van der Waals surface area (Å²) < 4.78 is 10.5. The molecule has 1 aromatic carbocycles. The molecule has 2 N–H and O–H groups in total. The van der Waals surface area contributed by atoms with Crippen LogP contribution in [-0.2, 0) is 16.0 Å². The molecular formula is C15H20N2O5. The molecule has 0 spiro atoms. The zero-order chi connectivity index (χ0) is 16.4. The van der Waals surface area contributed by atoms with Crippen molar-refractivity contribution >= 4 is 11.8 Å². The fraction of sp³-hybridized carbons (Fsp3) is 0.467. The van der Waals surface area contributed by atoms with Crippen molar-refractivity contribution in [2.45, 2.75) is 19.4 Å². The second-order valence-corrected chi connectivity index (χ2v) is 5.26. The lowest BCUT2D eigenvalue weighted by atomic mass is 9.99. The van der Waals surface area contributed by atoms with E-state index < -0.39 is 6.04 Å². The van der Waals surface area contributed by atoms with Crippen LogP contribution in [0.4, 0.5) is 0 Å². The van der Waals surface area contributed by atoms with Gasteiger partial charge in [0.2, 0.25) is 11.8 Å². The van der Waals surface area contributed by atoms with E-state index in [4.69, 9.17) is 9.47 Å². The molecule has 1 fully saturated rings. The van der Waals surface area contributed by atoms with Crippen molar-refractivity contribution in [3.8, 4) is 17.2 Å². The number of aromatic hydroxyl groups is 1. The number of nitrogens with one attached hydrogen (secondary N) is 1. The predicted molar refractivity (Wildman–Crippen MR) is 79.2 cm³/mol. The molecular weight excluding hydrogens is 288 g/mol. The van der Waals surface area contributed by atoms with E-state index in [1.807, 2.05) is 0 Å². The number of phenolic OH excluding ortho intramolecular Hbond substituents is 1. The summed E-state index contributed by atoms with van der Waals surface area (Å²) in [5.41, 5.74) is 1.05. The molecule has 0 aliphatic carbocycles. The maximum Gasteiger partial charge on any atom is 0.245 e. The van der Waals surface area contributed by atoms with Crippen LogP contribution in [0.25, 0.3) is 0 Å². The first-order valence-corrected chi connectivity index (χ1v) is 6.86. The van der Waals surface area contributed by atoms with Gasteiger partial charge < -0.3 is 24.8 Å². The van der Waals surface area contributed by atoms with Gasteiger partial charge >= 0.3 is 0 Å². The van der Waals surface area contributed by atoms with Crippen molar-refractivity contribution in [2.75, 3.05) is 27.8 Å².